The van der Waals surface area contributed by atoms with Crippen LogP contribution in [0, 0.1) is 18.8 Å². The zero-order valence-electron chi connectivity index (χ0n) is 11.9. The van der Waals surface area contributed by atoms with Crippen molar-refractivity contribution in [1.82, 2.24) is 5.32 Å². The maximum Gasteiger partial charge on any atom is 0.251 e. The molecule has 2 atom stereocenters. The van der Waals surface area contributed by atoms with Crippen molar-refractivity contribution in [3.63, 3.8) is 0 Å². The highest BCUT2D eigenvalue weighted by atomic mass is 79.9. The molecule has 1 fully saturated rings. The third-order valence-electron chi connectivity index (χ3n) is 4.27. The molecule has 0 saturated heterocycles. The maximum absolute atomic E-state index is 12.3. The number of aliphatic hydroxyl groups is 1. The average molecular weight is 340 g/mol. The molecule has 0 spiro atoms. The molecule has 0 heterocycles. The van der Waals surface area contributed by atoms with Crippen molar-refractivity contribution in [3.05, 3.63) is 33.8 Å². The largest absolute Gasteiger partial charge is 0.396 e. The molecule has 1 amide bonds. The van der Waals surface area contributed by atoms with E-state index in [0.717, 1.165) is 28.4 Å². The van der Waals surface area contributed by atoms with Crippen molar-refractivity contribution < 1.29 is 9.90 Å². The number of carbonyl (C=O) groups excluding carboxylic acids is 1. The number of carbonyl (C=O) groups is 1. The minimum Gasteiger partial charge on any atom is -0.396 e. The monoisotopic (exact) mass is 339 g/mol. The molecule has 4 heteroatoms. The molecule has 20 heavy (non-hydrogen) atoms. The smallest absolute Gasteiger partial charge is 0.251 e. The van der Waals surface area contributed by atoms with E-state index < -0.39 is 0 Å². The molecule has 2 rings (SSSR count). The van der Waals surface area contributed by atoms with E-state index in [-0.39, 0.29) is 12.5 Å². The van der Waals surface area contributed by atoms with Crippen molar-refractivity contribution in [3.8, 4) is 0 Å². The zero-order chi connectivity index (χ0) is 14.5. The molecule has 1 saturated carbocycles. The minimum atomic E-state index is -0.0222. The number of aliphatic hydroxyl groups excluding tert-OH is 1. The van der Waals surface area contributed by atoms with E-state index in [2.05, 4.69) is 21.2 Å². The molecule has 3 nitrogen and oxygen atoms in total. The van der Waals surface area contributed by atoms with Crippen LogP contribution in [0.4, 0.5) is 0 Å². The van der Waals surface area contributed by atoms with Gasteiger partial charge in [-0.2, -0.15) is 0 Å². The Labute approximate surface area is 128 Å². The molecule has 1 aliphatic carbocycles. The van der Waals surface area contributed by atoms with Gasteiger partial charge < -0.3 is 10.4 Å². The van der Waals surface area contributed by atoms with Crippen LogP contribution in [0.5, 0.6) is 0 Å². The van der Waals surface area contributed by atoms with Gasteiger partial charge in [-0.3, -0.25) is 4.79 Å². The molecule has 1 aliphatic rings. The predicted octanol–water partition coefficient (Wildman–Crippen LogP) is 3.29. The summed E-state index contributed by atoms with van der Waals surface area (Å²) in [6.45, 7) is 2.84. The summed E-state index contributed by atoms with van der Waals surface area (Å²) in [6, 6.07) is 5.74. The lowest BCUT2D eigenvalue weighted by atomic mass is 9.79. The van der Waals surface area contributed by atoms with Crippen molar-refractivity contribution in [2.75, 3.05) is 13.2 Å². The van der Waals surface area contributed by atoms with Gasteiger partial charge >= 0.3 is 0 Å². The van der Waals surface area contributed by atoms with Gasteiger partial charge in [0.1, 0.15) is 0 Å². The van der Waals surface area contributed by atoms with Crippen LogP contribution in [0.25, 0.3) is 0 Å². The standard InChI is InChI=1S/C16H22BrNO2/c1-11-6-7-14(17)8-15(11)16(20)18-9-12-4-2-3-5-13(12)10-19/h6-8,12-13,19H,2-5,9-10H2,1H3,(H,18,20). The van der Waals surface area contributed by atoms with Crippen molar-refractivity contribution in [2.24, 2.45) is 11.8 Å². The molecule has 0 aliphatic heterocycles. The highest BCUT2D eigenvalue weighted by Crippen LogP contribution is 2.29. The number of nitrogens with one attached hydrogen (secondary N) is 1. The lowest BCUT2D eigenvalue weighted by molar-refractivity contribution is 0.0908. The molecule has 1 aromatic rings. The molecular formula is C16H22BrNO2. The average Bonchev–Trinajstić information content (AvgIpc) is 2.47. The second-order valence-electron chi connectivity index (χ2n) is 5.66. The quantitative estimate of drug-likeness (QED) is 0.884. The van der Waals surface area contributed by atoms with Crippen LogP contribution >= 0.6 is 15.9 Å². The van der Waals surface area contributed by atoms with Gasteiger partial charge in [0, 0.05) is 23.2 Å². The highest BCUT2D eigenvalue weighted by molar-refractivity contribution is 9.10. The fourth-order valence-corrected chi connectivity index (χ4v) is 3.31. The van der Waals surface area contributed by atoms with E-state index in [1.54, 1.807) is 0 Å². The molecular weight excluding hydrogens is 318 g/mol. The summed E-state index contributed by atoms with van der Waals surface area (Å²) in [4.78, 5) is 12.3. The Bertz CT molecular complexity index is 476. The van der Waals surface area contributed by atoms with E-state index in [1.807, 2.05) is 25.1 Å². The Kier molecular flexibility index (Phi) is 5.61. The summed E-state index contributed by atoms with van der Waals surface area (Å²) < 4.78 is 0.916. The molecule has 0 radical (unpaired) electrons. The van der Waals surface area contributed by atoms with Crippen molar-refractivity contribution in [2.45, 2.75) is 32.6 Å². The van der Waals surface area contributed by atoms with Gasteiger partial charge in [0.25, 0.3) is 5.91 Å². The van der Waals surface area contributed by atoms with Gasteiger partial charge in [0.15, 0.2) is 0 Å². The van der Waals surface area contributed by atoms with Gasteiger partial charge in [0.2, 0.25) is 0 Å². The fourth-order valence-electron chi connectivity index (χ4n) is 2.95. The van der Waals surface area contributed by atoms with Crippen molar-refractivity contribution >= 4 is 21.8 Å². The second-order valence-corrected chi connectivity index (χ2v) is 6.57. The summed E-state index contributed by atoms with van der Waals surface area (Å²) in [6.07, 6.45) is 4.57. The summed E-state index contributed by atoms with van der Waals surface area (Å²) in [5, 5.41) is 12.4. The lowest BCUT2D eigenvalue weighted by Gasteiger charge is -2.30. The van der Waals surface area contributed by atoms with E-state index >= 15 is 0 Å². The number of rotatable bonds is 4. The van der Waals surface area contributed by atoms with Crippen LogP contribution in [0.15, 0.2) is 22.7 Å². The number of hydrogen-bond acceptors (Lipinski definition) is 2. The van der Waals surface area contributed by atoms with E-state index in [0.29, 0.717) is 18.4 Å². The van der Waals surface area contributed by atoms with Gasteiger partial charge in [-0.1, -0.05) is 34.8 Å². The molecule has 1 aromatic carbocycles. The van der Waals surface area contributed by atoms with Gasteiger partial charge in [-0.25, -0.2) is 0 Å². The number of amides is 1. The number of aryl methyl sites for hydroxylation is 1. The van der Waals surface area contributed by atoms with Crippen LogP contribution in [0.2, 0.25) is 0 Å². The first-order valence-corrected chi connectivity index (χ1v) is 8.06. The third kappa shape index (κ3) is 3.83. The summed E-state index contributed by atoms with van der Waals surface area (Å²) in [5.74, 6) is 0.726. The highest BCUT2D eigenvalue weighted by Gasteiger charge is 2.25. The summed E-state index contributed by atoms with van der Waals surface area (Å²) in [5.41, 5.74) is 1.70. The van der Waals surface area contributed by atoms with Crippen LogP contribution in [-0.2, 0) is 0 Å². The molecule has 2 N–H and O–H groups in total. The summed E-state index contributed by atoms with van der Waals surface area (Å²) in [7, 11) is 0. The third-order valence-corrected chi connectivity index (χ3v) is 4.76. The van der Waals surface area contributed by atoms with Crippen LogP contribution in [0.1, 0.15) is 41.6 Å². The summed E-state index contributed by atoms with van der Waals surface area (Å²) >= 11 is 3.40. The Balaban J connectivity index is 1.96. The number of hydrogen-bond donors (Lipinski definition) is 2. The SMILES string of the molecule is Cc1ccc(Br)cc1C(=O)NCC1CCCCC1CO. The lowest BCUT2D eigenvalue weighted by Crippen LogP contribution is -2.35. The van der Waals surface area contributed by atoms with E-state index in [1.165, 1.54) is 12.8 Å². The predicted molar refractivity (Wildman–Crippen MR) is 83.7 cm³/mol. The number of halogens is 1. The van der Waals surface area contributed by atoms with Crippen molar-refractivity contribution in [1.29, 1.82) is 0 Å². The van der Waals surface area contributed by atoms with Gasteiger partial charge in [-0.05, 0) is 49.3 Å². The van der Waals surface area contributed by atoms with Gasteiger partial charge in [0.05, 0.1) is 0 Å². The Morgan fingerprint density at radius 1 is 1.35 bits per heavy atom. The normalized spacial score (nSPS) is 22.6. The molecule has 0 aromatic heterocycles. The minimum absolute atomic E-state index is 0.0222. The molecule has 2 unspecified atom stereocenters. The second kappa shape index (κ2) is 7.23. The fraction of sp³-hybridized carbons (Fsp3) is 0.562. The molecule has 110 valence electrons. The maximum atomic E-state index is 12.3. The molecule has 0 bridgehead atoms. The van der Waals surface area contributed by atoms with Gasteiger partial charge in [-0.15, -0.1) is 0 Å². The Morgan fingerprint density at radius 2 is 2.05 bits per heavy atom. The van der Waals surface area contributed by atoms with Crippen LogP contribution < -0.4 is 5.32 Å². The topological polar surface area (TPSA) is 49.3 Å². The van der Waals surface area contributed by atoms with E-state index in [4.69, 9.17) is 0 Å². The van der Waals surface area contributed by atoms with Crippen LogP contribution in [-0.4, -0.2) is 24.2 Å². The van der Waals surface area contributed by atoms with Crippen LogP contribution in [0.3, 0.4) is 0 Å². The zero-order valence-corrected chi connectivity index (χ0v) is 13.4. The first-order chi connectivity index (χ1) is 9.61. The Morgan fingerprint density at radius 3 is 2.75 bits per heavy atom. The number of benzene rings is 1. The first kappa shape index (κ1) is 15.5. The first-order valence-electron chi connectivity index (χ1n) is 7.27. The van der Waals surface area contributed by atoms with E-state index in [9.17, 15) is 9.90 Å². The Hall–Kier alpha value is -0.870.